The molecule has 0 aliphatic heterocycles. The second kappa shape index (κ2) is 7.09. The lowest BCUT2D eigenvalue weighted by Gasteiger charge is -2.18. The van der Waals surface area contributed by atoms with Crippen molar-refractivity contribution in [1.82, 2.24) is 0 Å². The first kappa shape index (κ1) is 16.9. The summed E-state index contributed by atoms with van der Waals surface area (Å²) in [5, 5.41) is 0. The first-order valence-electron chi connectivity index (χ1n) is 9.92. The van der Waals surface area contributed by atoms with Crippen LogP contribution in [-0.4, -0.2) is 5.78 Å². The molecule has 136 valence electrons. The summed E-state index contributed by atoms with van der Waals surface area (Å²) in [5.41, 5.74) is 7.08. The largest absolute Gasteiger partial charge is 0.293 e. The number of hydrogen-bond donors (Lipinski definition) is 0. The van der Waals surface area contributed by atoms with Gasteiger partial charge in [-0.1, -0.05) is 91.0 Å². The Balaban J connectivity index is 1.40. The summed E-state index contributed by atoms with van der Waals surface area (Å²) in [5.74, 6) is 0.406. The lowest BCUT2D eigenvalue weighted by atomic mass is 9.84. The van der Waals surface area contributed by atoms with Crippen LogP contribution in [0.15, 0.2) is 103 Å². The Hall–Kier alpha value is -3.19. The van der Waals surface area contributed by atoms with Gasteiger partial charge in [-0.25, -0.2) is 0 Å². The quantitative estimate of drug-likeness (QED) is 0.564. The van der Waals surface area contributed by atoms with Crippen LogP contribution in [0.1, 0.15) is 38.5 Å². The Labute approximate surface area is 166 Å². The molecule has 0 saturated heterocycles. The minimum atomic E-state index is -0.0503. The third kappa shape index (κ3) is 3.14. The number of carbonyl (C=O) groups excluding carboxylic acids is 1. The van der Waals surface area contributed by atoms with E-state index in [0.717, 1.165) is 18.4 Å². The zero-order chi connectivity index (χ0) is 18.9. The topological polar surface area (TPSA) is 17.1 Å². The molecule has 2 aliphatic rings. The van der Waals surface area contributed by atoms with Crippen LogP contribution in [0.25, 0.3) is 0 Å². The van der Waals surface area contributed by atoms with Gasteiger partial charge in [-0.2, -0.15) is 0 Å². The molecular formula is C27H22O. The van der Waals surface area contributed by atoms with Crippen molar-refractivity contribution in [3.63, 3.8) is 0 Å². The molecule has 0 spiro atoms. The minimum absolute atomic E-state index is 0.0503. The number of rotatable bonds is 4. The van der Waals surface area contributed by atoms with Gasteiger partial charge in [0.2, 0.25) is 0 Å². The van der Waals surface area contributed by atoms with E-state index in [9.17, 15) is 4.79 Å². The van der Waals surface area contributed by atoms with Crippen molar-refractivity contribution in [1.29, 1.82) is 0 Å². The van der Waals surface area contributed by atoms with Crippen LogP contribution in [0.5, 0.6) is 0 Å². The molecule has 2 aliphatic carbocycles. The normalized spacial score (nSPS) is 19.9. The molecular weight excluding hydrogens is 340 g/mol. The third-order valence-corrected chi connectivity index (χ3v) is 5.85. The van der Waals surface area contributed by atoms with Gasteiger partial charge in [-0.05, 0) is 46.7 Å². The molecule has 3 aromatic carbocycles. The average molecular weight is 362 g/mol. The summed E-state index contributed by atoms with van der Waals surface area (Å²) in [7, 11) is 0. The fraction of sp³-hybridized carbons (Fsp3) is 0.148. The van der Waals surface area contributed by atoms with Crippen molar-refractivity contribution in [3.05, 3.63) is 130 Å². The molecule has 5 rings (SSSR count). The predicted molar refractivity (Wildman–Crippen MR) is 114 cm³/mol. The summed E-state index contributed by atoms with van der Waals surface area (Å²) in [4.78, 5) is 13.2. The van der Waals surface area contributed by atoms with Gasteiger partial charge in [0, 0.05) is 11.5 Å². The van der Waals surface area contributed by atoms with Crippen LogP contribution in [0.4, 0.5) is 0 Å². The number of hydrogen-bond acceptors (Lipinski definition) is 1. The molecule has 0 heterocycles. The zero-order valence-electron chi connectivity index (χ0n) is 15.7. The average Bonchev–Trinajstić information content (AvgIpc) is 3.01. The number of benzene rings is 3. The van der Waals surface area contributed by atoms with Gasteiger partial charge < -0.3 is 0 Å². The smallest absolute Gasteiger partial charge is 0.170 e. The minimum Gasteiger partial charge on any atom is -0.293 e. The molecule has 1 nitrogen and oxygen atoms in total. The van der Waals surface area contributed by atoms with Crippen molar-refractivity contribution in [3.8, 4) is 0 Å². The van der Waals surface area contributed by atoms with E-state index in [4.69, 9.17) is 0 Å². The number of fused-ring (bicyclic) bond motifs is 3. The number of ketones is 1. The summed E-state index contributed by atoms with van der Waals surface area (Å²) in [6.45, 7) is 0. The van der Waals surface area contributed by atoms with Gasteiger partial charge in [0.1, 0.15) is 0 Å². The monoisotopic (exact) mass is 362 g/mol. The highest BCUT2D eigenvalue weighted by molar-refractivity contribution is 6.05. The van der Waals surface area contributed by atoms with Crippen molar-refractivity contribution in [2.75, 3.05) is 0 Å². The second-order valence-electron chi connectivity index (χ2n) is 7.76. The van der Waals surface area contributed by atoms with Crippen molar-refractivity contribution in [2.24, 2.45) is 5.92 Å². The van der Waals surface area contributed by atoms with Crippen molar-refractivity contribution in [2.45, 2.75) is 18.8 Å². The molecule has 0 radical (unpaired) electrons. The highest BCUT2D eigenvalue weighted by Gasteiger charge is 2.38. The maximum atomic E-state index is 13.2. The zero-order valence-corrected chi connectivity index (χ0v) is 15.7. The number of carbonyl (C=O) groups is 1. The van der Waals surface area contributed by atoms with E-state index >= 15 is 0 Å². The molecule has 0 amide bonds. The Bertz CT molecular complexity index is 1070. The van der Waals surface area contributed by atoms with Gasteiger partial charge in [0.05, 0.1) is 5.92 Å². The molecule has 2 unspecified atom stereocenters. The Kier molecular flexibility index (Phi) is 4.29. The molecule has 0 fully saturated rings. The highest BCUT2D eigenvalue weighted by atomic mass is 16.1. The van der Waals surface area contributed by atoms with Gasteiger partial charge in [-0.3, -0.25) is 4.79 Å². The van der Waals surface area contributed by atoms with Gasteiger partial charge >= 0.3 is 0 Å². The molecule has 0 bridgehead atoms. The third-order valence-electron chi connectivity index (χ3n) is 5.85. The fourth-order valence-electron chi connectivity index (χ4n) is 4.45. The van der Waals surface area contributed by atoms with Gasteiger partial charge in [0.15, 0.2) is 5.78 Å². The van der Waals surface area contributed by atoms with E-state index in [2.05, 4.69) is 85.0 Å². The van der Waals surface area contributed by atoms with Crippen LogP contribution in [0.2, 0.25) is 0 Å². The van der Waals surface area contributed by atoms with Gasteiger partial charge in [0.25, 0.3) is 0 Å². The predicted octanol–water partition coefficient (Wildman–Crippen LogP) is 5.91. The first-order valence-corrected chi connectivity index (χ1v) is 9.92. The van der Waals surface area contributed by atoms with E-state index in [1.165, 1.54) is 27.8 Å². The van der Waals surface area contributed by atoms with Crippen LogP contribution >= 0.6 is 0 Å². The molecule has 3 aromatic rings. The van der Waals surface area contributed by atoms with Crippen molar-refractivity contribution < 1.29 is 4.79 Å². The summed E-state index contributed by atoms with van der Waals surface area (Å²) in [6.07, 6.45) is 8.36. The van der Waals surface area contributed by atoms with Crippen LogP contribution in [-0.2, 0) is 12.8 Å². The molecule has 2 atom stereocenters. The Morgan fingerprint density at radius 1 is 0.679 bits per heavy atom. The lowest BCUT2D eigenvalue weighted by Crippen LogP contribution is -2.13. The number of Topliss-reactive ketones (excluding diaryl/α,β-unsaturated/α-hetero) is 1. The van der Waals surface area contributed by atoms with E-state index < -0.39 is 0 Å². The van der Waals surface area contributed by atoms with Gasteiger partial charge in [-0.15, -0.1) is 0 Å². The SMILES string of the molecule is O=C1c2cc(Cc3ccccc3)ccc2C2C=CC(Cc3ccccc3)=CC12. The second-order valence-corrected chi connectivity index (χ2v) is 7.76. The summed E-state index contributed by atoms with van der Waals surface area (Å²) >= 11 is 0. The van der Waals surface area contributed by atoms with E-state index in [1.807, 2.05) is 12.1 Å². The Morgan fingerprint density at radius 3 is 2.07 bits per heavy atom. The first-order chi connectivity index (χ1) is 13.8. The lowest BCUT2D eigenvalue weighted by molar-refractivity contribution is 0.0954. The highest BCUT2D eigenvalue weighted by Crippen LogP contribution is 2.43. The van der Waals surface area contributed by atoms with E-state index in [0.29, 0.717) is 0 Å². The molecule has 0 N–H and O–H groups in total. The number of allylic oxidation sites excluding steroid dienone is 4. The standard InChI is InChI=1S/C27H22O/c28-27-25-17-21(15-19-7-3-1-4-8-19)11-13-23(25)24-14-12-22(18-26(24)27)16-20-9-5-2-6-10-20/h1-14,17-18,23,25H,15-16H2. The maximum absolute atomic E-state index is 13.2. The fourth-order valence-corrected chi connectivity index (χ4v) is 4.45. The molecule has 0 aromatic heterocycles. The maximum Gasteiger partial charge on any atom is 0.170 e. The molecule has 28 heavy (non-hydrogen) atoms. The van der Waals surface area contributed by atoms with Crippen LogP contribution < -0.4 is 0 Å². The van der Waals surface area contributed by atoms with E-state index in [-0.39, 0.29) is 17.6 Å². The Morgan fingerprint density at radius 2 is 1.36 bits per heavy atom. The van der Waals surface area contributed by atoms with E-state index in [1.54, 1.807) is 0 Å². The van der Waals surface area contributed by atoms with Crippen LogP contribution in [0, 0.1) is 5.92 Å². The molecule has 1 heteroatoms. The molecule has 0 saturated carbocycles. The summed E-state index contributed by atoms with van der Waals surface area (Å²) in [6, 6.07) is 27.3. The summed E-state index contributed by atoms with van der Waals surface area (Å²) < 4.78 is 0. The van der Waals surface area contributed by atoms with Crippen molar-refractivity contribution >= 4 is 5.78 Å². The van der Waals surface area contributed by atoms with Crippen LogP contribution in [0.3, 0.4) is 0 Å².